The molecule has 0 aliphatic rings. The van der Waals surface area contributed by atoms with Gasteiger partial charge < -0.3 is 9.40 Å². The number of rotatable bonds is 4. The van der Waals surface area contributed by atoms with Crippen molar-refractivity contribution in [3.8, 4) is 16.9 Å². The molecule has 0 spiro atoms. The largest absolute Gasteiger partial charge is 0.422 e. The third-order valence-corrected chi connectivity index (χ3v) is 6.59. The number of aromatic amines is 1. The van der Waals surface area contributed by atoms with Crippen molar-refractivity contribution in [1.82, 2.24) is 14.8 Å². The fourth-order valence-electron chi connectivity index (χ4n) is 3.64. The zero-order valence-corrected chi connectivity index (χ0v) is 20.8. The SMILES string of the molecule is CC(C)(C)C(=O)/C=c1/[nH]c(=O)/c(=C/c2cn(-c3ccccc3)nc2-c2cc3ccccc3oc2=O)s1. The van der Waals surface area contributed by atoms with Gasteiger partial charge in [0.2, 0.25) is 0 Å². The van der Waals surface area contributed by atoms with E-state index in [1.54, 1.807) is 35.2 Å². The van der Waals surface area contributed by atoms with Crippen molar-refractivity contribution in [2.24, 2.45) is 5.41 Å². The first-order chi connectivity index (χ1) is 17.2. The molecule has 2 aromatic carbocycles. The molecule has 0 amide bonds. The van der Waals surface area contributed by atoms with E-state index < -0.39 is 11.0 Å². The van der Waals surface area contributed by atoms with Crippen molar-refractivity contribution in [2.45, 2.75) is 20.8 Å². The lowest BCUT2D eigenvalue weighted by atomic mass is 9.91. The van der Waals surface area contributed by atoms with Gasteiger partial charge in [0.25, 0.3) is 5.56 Å². The Morgan fingerprint density at radius 3 is 2.53 bits per heavy atom. The van der Waals surface area contributed by atoms with Gasteiger partial charge in [-0.05, 0) is 30.3 Å². The van der Waals surface area contributed by atoms with Gasteiger partial charge in [-0.2, -0.15) is 5.10 Å². The number of nitrogens with zero attached hydrogens (tertiary/aromatic N) is 2. The molecule has 3 aromatic heterocycles. The first-order valence-corrected chi connectivity index (χ1v) is 12.2. The van der Waals surface area contributed by atoms with Crippen molar-refractivity contribution in [2.75, 3.05) is 0 Å². The van der Waals surface area contributed by atoms with Gasteiger partial charge in [-0.1, -0.05) is 57.2 Å². The van der Waals surface area contributed by atoms with Crippen molar-refractivity contribution in [3.05, 3.63) is 102 Å². The molecule has 7 nitrogen and oxygen atoms in total. The van der Waals surface area contributed by atoms with E-state index in [0.29, 0.717) is 26.0 Å². The lowest BCUT2D eigenvalue weighted by molar-refractivity contribution is -0.119. The topological polar surface area (TPSA) is 98.0 Å². The number of aromatic nitrogens is 3. The van der Waals surface area contributed by atoms with Crippen LogP contribution < -0.4 is 20.4 Å². The van der Waals surface area contributed by atoms with Crippen LogP contribution in [0.1, 0.15) is 26.3 Å². The summed E-state index contributed by atoms with van der Waals surface area (Å²) in [5, 5.41) is 5.45. The van der Waals surface area contributed by atoms with E-state index in [-0.39, 0.29) is 16.9 Å². The summed E-state index contributed by atoms with van der Waals surface area (Å²) < 4.78 is 8.06. The van der Waals surface area contributed by atoms with Crippen LogP contribution in [0.4, 0.5) is 0 Å². The second kappa shape index (κ2) is 9.05. The molecule has 0 saturated heterocycles. The van der Waals surface area contributed by atoms with Gasteiger partial charge in [-0.3, -0.25) is 9.59 Å². The molecule has 0 radical (unpaired) electrons. The number of nitrogens with one attached hydrogen (secondary N) is 1. The summed E-state index contributed by atoms with van der Waals surface area (Å²) >= 11 is 1.18. The van der Waals surface area contributed by atoms with E-state index in [1.807, 2.05) is 63.2 Å². The Morgan fingerprint density at radius 2 is 1.78 bits per heavy atom. The normalized spacial score (nSPS) is 13.0. The maximum absolute atomic E-state index is 12.9. The number of ketones is 1. The summed E-state index contributed by atoms with van der Waals surface area (Å²) in [6.07, 6.45) is 4.90. The molecular formula is C28H23N3O4S. The van der Waals surface area contributed by atoms with Crippen LogP contribution in [0, 0.1) is 5.41 Å². The summed E-state index contributed by atoms with van der Waals surface area (Å²) in [5.74, 6) is -0.0853. The van der Waals surface area contributed by atoms with Gasteiger partial charge in [0.15, 0.2) is 5.78 Å². The molecule has 0 saturated carbocycles. The number of H-pyrrole nitrogens is 1. The Morgan fingerprint density at radius 1 is 1.06 bits per heavy atom. The maximum atomic E-state index is 12.9. The molecule has 0 atom stereocenters. The number of Topliss-reactive ketones (excluding diaryl/α,β-unsaturated/α-hetero) is 1. The Kier molecular flexibility index (Phi) is 5.89. The third-order valence-electron chi connectivity index (χ3n) is 5.63. The predicted octanol–water partition coefficient (Wildman–Crippen LogP) is 3.62. The van der Waals surface area contributed by atoms with Gasteiger partial charge in [0, 0.05) is 28.6 Å². The van der Waals surface area contributed by atoms with Gasteiger partial charge in [-0.15, -0.1) is 11.3 Å². The zero-order valence-electron chi connectivity index (χ0n) is 19.9. The molecule has 36 heavy (non-hydrogen) atoms. The minimum Gasteiger partial charge on any atom is -0.422 e. The Balaban J connectivity index is 1.72. The molecule has 180 valence electrons. The van der Waals surface area contributed by atoms with E-state index in [4.69, 9.17) is 4.42 Å². The van der Waals surface area contributed by atoms with Crippen LogP contribution in [0.3, 0.4) is 0 Å². The number of thiazole rings is 1. The molecule has 5 aromatic rings. The molecule has 0 aliphatic carbocycles. The number of carbonyl (C=O) groups excluding carboxylic acids is 1. The molecule has 5 rings (SSSR count). The Labute approximate surface area is 209 Å². The monoisotopic (exact) mass is 497 g/mol. The maximum Gasteiger partial charge on any atom is 0.345 e. The molecule has 0 aliphatic heterocycles. The summed E-state index contributed by atoms with van der Waals surface area (Å²) in [7, 11) is 0. The Bertz CT molecular complexity index is 1830. The van der Waals surface area contributed by atoms with Crippen LogP contribution in [0.5, 0.6) is 0 Å². The molecule has 3 heterocycles. The second-order valence-electron chi connectivity index (χ2n) is 9.39. The zero-order chi connectivity index (χ0) is 25.4. The first-order valence-electron chi connectivity index (χ1n) is 11.3. The van der Waals surface area contributed by atoms with Gasteiger partial charge >= 0.3 is 5.63 Å². The summed E-state index contributed by atoms with van der Waals surface area (Å²) in [6.45, 7) is 5.47. The van der Waals surface area contributed by atoms with Crippen LogP contribution in [0.25, 0.3) is 40.1 Å². The highest BCUT2D eigenvalue weighted by molar-refractivity contribution is 7.07. The van der Waals surface area contributed by atoms with E-state index in [1.165, 1.54) is 17.4 Å². The fourth-order valence-corrected chi connectivity index (χ4v) is 4.52. The van der Waals surface area contributed by atoms with E-state index in [0.717, 1.165) is 11.1 Å². The highest BCUT2D eigenvalue weighted by Crippen LogP contribution is 2.25. The van der Waals surface area contributed by atoms with E-state index in [9.17, 15) is 14.4 Å². The summed E-state index contributed by atoms with van der Waals surface area (Å²) in [4.78, 5) is 40.8. The van der Waals surface area contributed by atoms with Crippen molar-refractivity contribution < 1.29 is 9.21 Å². The molecular weight excluding hydrogens is 474 g/mol. The van der Waals surface area contributed by atoms with Crippen LogP contribution in [-0.4, -0.2) is 20.5 Å². The third kappa shape index (κ3) is 4.63. The number of para-hydroxylation sites is 2. The van der Waals surface area contributed by atoms with E-state index in [2.05, 4.69) is 10.1 Å². The summed E-state index contributed by atoms with van der Waals surface area (Å²) in [6, 6.07) is 18.5. The van der Waals surface area contributed by atoms with Gasteiger partial charge in [0.05, 0.1) is 20.4 Å². The quantitative estimate of drug-likeness (QED) is 0.383. The first kappa shape index (κ1) is 23.4. The average molecular weight is 498 g/mol. The van der Waals surface area contributed by atoms with Crippen molar-refractivity contribution in [3.63, 3.8) is 0 Å². The molecule has 1 N–H and O–H groups in total. The molecule has 0 bridgehead atoms. The number of fused-ring (bicyclic) bond motifs is 1. The number of hydrogen-bond acceptors (Lipinski definition) is 6. The number of carbonyl (C=O) groups is 1. The van der Waals surface area contributed by atoms with Crippen molar-refractivity contribution in [1.29, 1.82) is 0 Å². The molecule has 8 heteroatoms. The van der Waals surface area contributed by atoms with E-state index >= 15 is 0 Å². The predicted molar refractivity (Wildman–Crippen MR) is 142 cm³/mol. The molecule has 0 fully saturated rings. The Hall–Kier alpha value is -4.30. The lowest BCUT2D eigenvalue weighted by Gasteiger charge is -2.12. The van der Waals surface area contributed by atoms with Crippen LogP contribution in [0.15, 0.2) is 80.9 Å². The minimum absolute atomic E-state index is 0.0853. The highest BCUT2D eigenvalue weighted by atomic mass is 32.1. The van der Waals surface area contributed by atoms with Crippen LogP contribution in [0.2, 0.25) is 0 Å². The number of hydrogen-bond donors (Lipinski definition) is 1. The van der Waals surface area contributed by atoms with Crippen LogP contribution in [-0.2, 0) is 4.79 Å². The van der Waals surface area contributed by atoms with Crippen molar-refractivity contribution >= 4 is 40.2 Å². The standard InChI is InChI=1S/C28H23N3O4S/c1-28(2,3)23(32)15-24-29-26(33)22(36-24)14-18-16-31(19-10-5-4-6-11-19)30-25(18)20-13-17-9-7-8-12-21(17)35-27(20)34/h4-16H,1-3H3,(H,29,33)/b22-14-,24-15-. The molecule has 0 unspecified atom stereocenters. The fraction of sp³-hybridized carbons (Fsp3) is 0.143. The van der Waals surface area contributed by atoms with Gasteiger partial charge in [0.1, 0.15) is 11.3 Å². The second-order valence-corrected chi connectivity index (χ2v) is 10.5. The lowest BCUT2D eigenvalue weighted by Crippen LogP contribution is -2.22. The van der Waals surface area contributed by atoms with Gasteiger partial charge in [-0.25, -0.2) is 9.48 Å². The highest BCUT2D eigenvalue weighted by Gasteiger charge is 2.19. The number of benzene rings is 2. The summed E-state index contributed by atoms with van der Waals surface area (Å²) in [5.41, 5.74) is 1.13. The van der Waals surface area contributed by atoms with Crippen LogP contribution >= 0.6 is 11.3 Å². The smallest absolute Gasteiger partial charge is 0.345 e. The average Bonchev–Trinajstić information content (AvgIpc) is 3.41. The minimum atomic E-state index is -0.557.